The average molecular weight is 494 g/mol. The zero-order valence-electron chi connectivity index (χ0n) is 15.9. The SMILES string of the molecule is Cc1nnc(SCC2=C(C(=O)O)N3C(=O)[C@@H]4[C@H]3[C@H](C2)CN4C(=O)CSCC(N)=O)s1.[NaH]. The minimum atomic E-state index is -1.13. The van der Waals surface area contributed by atoms with Gasteiger partial charge in [0.05, 0.1) is 17.5 Å². The molecule has 0 unspecified atom stereocenters. The second kappa shape index (κ2) is 9.79. The van der Waals surface area contributed by atoms with Crippen LogP contribution in [0.3, 0.4) is 0 Å². The van der Waals surface area contributed by atoms with Crippen molar-refractivity contribution in [2.24, 2.45) is 11.7 Å². The standard InChI is InChI=1S/C17H19N5O5S3.Na.H/c1-7-19-20-17(30-7)29-4-9-2-8-3-21(11(24)6-28-5-10(18)23)14-12(8)22(15(14)25)13(9)16(26)27;;/h8,12,14H,2-6H2,1H3,(H2,18,23)(H,26,27);;/t8-,12-,14+;;/m1../s1. The van der Waals surface area contributed by atoms with Crippen LogP contribution in [0.2, 0.25) is 0 Å². The Kier molecular flexibility index (Phi) is 7.75. The van der Waals surface area contributed by atoms with Gasteiger partial charge in [0.25, 0.3) is 5.91 Å². The number of carboxylic acid groups (broad SMARTS) is 1. The van der Waals surface area contributed by atoms with Crippen LogP contribution in [-0.4, -0.2) is 114 Å². The van der Waals surface area contributed by atoms with Crippen molar-refractivity contribution in [3.8, 4) is 0 Å². The number of thioether (sulfide) groups is 2. The van der Waals surface area contributed by atoms with Crippen LogP contribution in [0.1, 0.15) is 11.4 Å². The van der Waals surface area contributed by atoms with E-state index in [1.54, 1.807) is 0 Å². The normalized spacial score (nSPS) is 23.9. The van der Waals surface area contributed by atoms with Gasteiger partial charge in [-0.1, -0.05) is 23.1 Å². The summed E-state index contributed by atoms with van der Waals surface area (Å²) in [5, 5.41) is 18.6. The van der Waals surface area contributed by atoms with Crippen LogP contribution in [0.25, 0.3) is 0 Å². The quantitative estimate of drug-likeness (QED) is 0.272. The predicted octanol–water partition coefficient (Wildman–Crippen LogP) is -0.711. The molecule has 3 aliphatic heterocycles. The van der Waals surface area contributed by atoms with Crippen LogP contribution in [0.5, 0.6) is 0 Å². The molecular weight excluding hydrogens is 473 g/mol. The molecular formula is C17H20N5NaO5S3. The van der Waals surface area contributed by atoms with Crippen LogP contribution in [0.15, 0.2) is 15.6 Å². The zero-order chi connectivity index (χ0) is 21.6. The van der Waals surface area contributed by atoms with Gasteiger partial charge in [0.2, 0.25) is 11.8 Å². The predicted molar refractivity (Wildman–Crippen MR) is 118 cm³/mol. The Morgan fingerprint density at radius 3 is 2.65 bits per heavy atom. The number of nitrogens with zero attached hydrogens (tertiary/aromatic N) is 4. The molecule has 2 fully saturated rings. The number of aryl methyl sites for hydroxylation is 1. The number of nitrogens with two attached hydrogens (primary N) is 1. The summed E-state index contributed by atoms with van der Waals surface area (Å²) in [6.07, 6.45) is 0.509. The Morgan fingerprint density at radius 2 is 2.03 bits per heavy atom. The van der Waals surface area contributed by atoms with Crippen molar-refractivity contribution in [1.82, 2.24) is 20.0 Å². The van der Waals surface area contributed by atoms with Crippen molar-refractivity contribution in [1.29, 1.82) is 0 Å². The molecule has 0 radical (unpaired) electrons. The molecule has 1 aromatic rings. The molecule has 0 aliphatic carbocycles. The Morgan fingerprint density at radius 1 is 1.29 bits per heavy atom. The maximum absolute atomic E-state index is 12.8. The number of carbonyl (C=O) groups is 4. The molecule has 0 saturated carbocycles. The van der Waals surface area contributed by atoms with E-state index in [4.69, 9.17) is 5.73 Å². The Balaban J connectivity index is 0.00000272. The molecule has 14 heteroatoms. The molecule has 4 rings (SSSR count). The van der Waals surface area contributed by atoms with E-state index in [1.807, 2.05) is 6.92 Å². The average Bonchev–Trinajstić information content (AvgIpc) is 3.26. The van der Waals surface area contributed by atoms with Crippen LogP contribution in [-0.2, 0) is 19.2 Å². The molecule has 162 valence electrons. The molecule has 0 aromatic carbocycles. The number of carboxylic acids is 1. The molecule has 31 heavy (non-hydrogen) atoms. The van der Waals surface area contributed by atoms with Crippen molar-refractivity contribution >= 4 is 88.1 Å². The first-order valence-corrected chi connectivity index (χ1v) is 12.1. The van der Waals surface area contributed by atoms with Gasteiger partial charge in [0.15, 0.2) is 4.34 Å². The summed E-state index contributed by atoms with van der Waals surface area (Å²) in [5.41, 5.74) is 5.80. The fourth-order valence-corrected chi connectivity index (χ4v) is 6.71. The molecule has 0 spiro atoms. The van der Waals surface area contributed by atoms with Gasteiger partial charge in [0, 0.05) is 18.2 Å². The fraction of sp³-hybridized carbons (Fsp3) is 0.529. The van der Waals surface area contributed by atoms with Gasteiger partial charge in [-0.15, -0.1) is 22.0 Å². The number of carbonyl (C=O) groups excluding carboxylic acids is 3. The summed E-state index contributed by atoms with van der Waals surface area (Å²) in [6, 6.07) is -0.919. The van der Waals surface area contributed by atoms with Gasteiger partial charge in [-0.2, -0.15) is 0 Å². The first kappa shape index (κ1) is 24.5. The van der Waals surface area contributed by atoms with E-state index >= 15 is 0 Å². The zero-order valence-corrected chi connectivity index (χ0v) is 18.4. The summed E-state index contributed by atoms with van der Waals surface area (Å²) in [4.78, 5) is 51.1. The summed E-state index contributed by atoms with van der Waals surface area (Å²) < 4.78 is 0.745. The van der Waals surface area contributed by atoms with E-state index < -0.39 is 17.9 Å². The van der Waals surface area contributed by atoms with Crippen LogP contribution < -0.4 is 5.73 Å². The van der Waals surface area contributed by atoms with E-state index in [9.17, 15) is 24.3 Å². The number of primary amides is 1. The third-order valence-corrected chi connectivity index (χ3v) is 8.31. The summed E-state index contributed by atoms with van der Waals surface area (Å²) in [6.45, 7) is 2.24. The molecule has 10 nitrogen and oxygen atoms in total. The molecule has 3 N–H and O–H groups in total. The minimum absolute atomic E-state index is 0. The number of likely N-dealkylation sites (tertiary alicyclic amines) is 1. The van der Waals surface area contributed by atoms with Crippen molar-refractivity contribution < 1.29 is 24.3 Å². The Bertz CT molecular complexity index is 970. The van der Waals surface area contributed by atoms with Crippen LogP contribution >= 0.6 is 34.9 Å². The second-order valence-electron chi connectivity index (χ2n) is 7.25. The van der Waals surface area contributed by atoms with E-state index in [2.05, 4.69) is 10.2 Å². The third kappa shape index (κ3) is 4.67. The van der Waals surface area contributed by atoms with Crippen LogP contribution in [0, 0.1) is 12.8 Å². The first-order valence-electron chi connectivity index (χ1n) is 9.14. The molecule has 2 saturated heterocycles. The third-order valence-electron chi connectivity index (χ3n) is 5.32. The van der Waals surface area contributed by atoms with Gasteiger partial charge in [-0.05, 0) is 18.9 Å². The monoisotopic (exact) mass is 493 g/mol. The van der Waals surface area contributed by atoms with E-state index in [0.717, 1.165) is 21.1 Å². The van der Waals surface area contributed by atoms with E-state index in [0.29, 0.717) is 24.3 Å². The van der Waals surface area contributed by atoms with Gasteiger partial charge in [-0.25, -0.2) is 4.79 Å². The number of β-lactam (4-membered cyclic amide) rings is 1. The van der Waals surface area contributed by atoms with Crippen LogP contribution in [0.4, 0.5) is 0 Å². The van der Waals surface area contributed by atoms with Crippen molar-refractivity contribution in [3.63, 3.8) is 0 Å². The summed E-state index contributed by atoms with van der Waals surface area (Å²) in [5.74, 6) is -1.74. The van der Waals surface area contributed by atoms with Gasteiger partial charge in [-0.3, -0.25) is 19.3 Å². The number of aromatic nitrogens is 2. The van der Waals surface area contributed by atoms with E-state index in [1.165, 1.54) is 32.9 Å². The Labute approximate surface area is 212 Å². The van der Waals surface area contributed by atoms with Crippen molar-refractivity contribution in [3.05, 3.63) is 16.3 Å². The number of hydrogen-bond donors (Lipinski definition) is 2. The fourth-order valence-electron chi connectivity index (χ4n) is 4.23. The molecule has 3 atom stereocenters. The molecule has 3 amide bonds. The molecule has 1 aromatic heterocycles. The maximum atomic E-state index is 12.8. The molecule has 4 heterocycles. The number of amides is 3. The van der Waals surface area contributed by atoms with Crippen molar-refractivity contribution in [2.45, 2.75) is 29.8 Å². The number of aliphatic carboxylic acids is 1. The number of rotatable bonds is 8. The van der Waals surface area contributed by atoms with Crippen molar-refractivity contribution in [2.75, 3.05) is 23.8 Å². The van der Waals surface area contributed by atoms with Gasteiger partial charge < -0.3 is 15.7 Å². The summed E-state index contributed by atoms with van der Waals surface area (Å²) in [7, 11) is 0. The molecule has 0 bridgehead atoms. The summed E-state index contributed by atoms with van der Waals surface area (Å²) >= 11 is 3.95. The second-order valence-corrected chi connectivity index (χ2v) is 10.6. The van der Waals surface area contributed by atoms with Gasteiger partial charge >= 0.3 is 35.5 Å². The molecule has 3 aliphatic rings. The van der Waals surface area contributed by atoms with E-state index in [-0.39, 0.29) is 70.5 Å². The first-order chi connectivity index (χ1) is 14.3. The Hall–Kier alpha value is -1.12. The topological polar surface area (TPSA) is 147 Å². The van der Waals surface area contributed by atoms with Gasteiger partial charge in [0.1, 0.15) is 16.7 Å². The number of hydrogen-bond acceptors (Lipinski definition) is 9.